The summed E-state index contributed by atoms with van der Waals surface area (Å²) in [4.78, 5) is 13.4. The highest BCUT2D eigenvalue weighted by atomic mass is 16.2. The van der Waals surface area contributed by atoms with Crippen molar-refractivity contribution in [3.63, 3.8) is 0 Å². The van der Waals surface area contributed by atoms with Gasteiger partial charge in [0.2, 0.25) is 5.91 Å². The maximum atomic E-state index is 13.4. The molecule has 7 rings (SSSR count). The number of fused-ring (bicyclic) bond motifs is 1. The van der Waals surface area contributed by atoms with Crippen LogP contribution in [0.3, 0.4) is 0 Å². The fourth-order valence-electron chi connectivity index (χ4n) is 9.64. The van der Waals surface area contributed by atoms with E-state index in [0.717, 1.165) is 54.8 Å². The minimum absolute atomic E-state index is 0.149. The average Bonchev–Trinajstić information content (AvgIpc) is 3.34. The van der Waals surface area contributed by atoms with Gasteiger partial charge in [-0.15, -0.1) is 0 Å². The van der Waals surface area contributed by atoms with Crippen molar-refractivity contribution < 1.29 is 14.0 Å². The highest BCUT2D eigenvalue weighted by Crippen LogP contribution is 2.59. The van der Waals surface area contributed by atoms with E-state index in [-0.39, 0.29) is 24.2 Å². The Morgan fingerprint density at radius 2 is 1.79 bits per heavy atom. The Morgan fingerprint density at radius 1 is 1.12 bits per heavy atom. The first-order valence-corrected chi connectivity index (χ1v) is 13.7. The fourth-order valence-corrected chi connectivity index (χ4v) is 9.64. The summed E-state index contributed by atoms with van der Waals surface area (Å²) < 4.78 is 1.71. The zero-order valence-corrected chi connectivity index (χ0v) is 21.0. The van der Waals surface area contributed by atoms with Crippen molar-refractivity contribution in [2.45, 2.75) is 101 Å². The summed E-state index contributed by atoms with van der Waals surface area (Å²) in [5.41, 5.74) is 8.06. The molecule has 0 aromatic rings. The van der Waals surface area contributed by atoms with Crippen molar-refractivity contribution >= 4 is 5.91 Å². The zero-order valence-electron chi connectivity index (χ0n) is 21.0. The van der Waals surface area contributed by atoms with E-state index < -0.39 is 0 Å². The van der Waals surface area contributed by atoms with Gasteiger partial charge in [0.15, 0.2) is 6.17 Å². The molecule has 3 aliphatic heterocycles. The Balaban J connectivity index is 1.13. The van der Waals surface area contributed by atoms with Gasteiger partial charge in [0.25, 0.3) is 0 Å². The van der Waals surface area contributed by atoms with Gasteiger partial charge in [0.1, 0.15) is 24.2 Å². The smallest absolute Gasteiger partial charge is 0.243 e. The standard InChI is InChI=1S/C26H45N6O/c1-5-22-7-17(3)28-24-11-23(30-31(22,24)4)25(33)29-21-15-27-32(6-2,16-21)26-12-18-8-19(13-26)10-20(9-18)14-26/h5,17-24,27-28,30H,1,6-16H2,2-4H3/q+1/p+1. The van der Waals surface area contributed by atoms with Gasteiger partial charge in [-0.1, -0.05) is 6.58 Å². The Kier molecular flexibility index (Phi) is 5.28. The van der Waals surface area contributed by atoms with Crippen LogP contribution in [-0.4, -0.2) is 77.6 Å². The Morgan fingerprint density at radius 3 is 2.39 bits per heavy atom. The highest BCUT2D eigenvalue weighted by Gasteiger charge is 2.63. The molecule has 1 amide bonds. The molecule has 4 saturated carbocycles. The Hall–Kier alpha value is -0.990. The van der Waals surface area contributed by atoms with Gasteiger partial charge in [-0.3, -0.25) is 10.1 Å². The molecule has 3 heterocycles. The summed E-state index contributed by atoms with van der Waals surface area (Å²) in [6.45, 7) is 11.8. The van der Waals surface area contributed by atoms with Gasteiger partial charge in [-0.05, 0) is 56.9 Å². The molecule has 3 saturated heterocycles. The van der Waals surface area contributed by atoms with Gasteiger partial charge >= 0.3 is 0 Å². The topological polar surface area (TPSA) is 65.2 Å². The van der Waals surface area contributed by atoms with Crippen LogP contribution in [0.5, 0.6) is 0 Å². The van der Waals surface area contributed by atoms with E-state index in [1.807, 2.05) is 0 Å². The van der Waals surface area contributed by atoms with E-state index >= 15 is 0 Å². The van der Waals surface area contributed by atoms with E-state index in [2.05, 4.69) is 55.0 Å². The van der Waals surface area contributed by atoms with E-state index in [1.165, 1.54) is 38.5 Å². The van der Waals surface area contributed by atoms with Crippen molar-refractivity contribution in [1.29, 1.82) is 0 Å². The van der Waals surface area contributed by atoms with Crippen LogP contribution in [0.25, 0.3) is 0 Å². The van der Waals surface area contributed by atoms with Crippen LogP contribution >= 0.6 is 0 Å². The molecule has 7 unspecified atom stereocenters. The molecular weight excluding hydrogens is 412 g/mol. The second-order valence-corrected chi connectivity index (χ2v) is 12.9. The third-order valence-corrected chi connectivity index (χ3v) is 10.9. The second-order valence-electron chi connectivity index (χ2n) is 12.9. The molecule has 4 N–H and O–H groups in total. The number of nitrogens with zero attached hydrogens (tertiary/aromatic N) is 2. The quantitative estimate of drug-likeness (QED) is 0.375. The van der Waals surface area contributed by atoms with Crippen LogP contribution in [0.15, 0.2) is 12.7 Å². The van der Waals surface area contributed by atoms with Crippen molar-refractivity contribution in [2.75, 3.05) is 26.7 Å². The van der Waals surface area contributed by atoms with Crippen molar-refractivity contribution in [2.24, 2.45) is 17.8 Å². The average molecular weight is 459 g/mol. The van der Waals surface area contributed by atoms with Crippen LogP contribution in [-0.2, 0) is 4.79 Å². The van der Waals surface area contributed by atoms with Gasteiger partial charge in [-0.2, -0.15) is 10.9 Å². The number of quaternary nitrogens is 2. The minimum atomic E-state index is -0.149. The summed E-state index contributed by atoms with van der Waals surface area (Å²) in [6.07, 6.45) is 12.8. The summed E-state index contributed by atoms with van der Waals surface area (Å²) in [5, 5.41) is 7.19. The molecule has 7 heteroatoms. The van der Waals surface area contributed by atoms with Crippen molar-refractivity contribution in [3.8, 4) is 0 Å². The number of likely N-dealkylation sites (N-methyl/N-ethyl adjacent to an activating group) is 2. The van der Waals surface area contributed by atoms with E-state index in [9.17, 15) is 4.79 Å². The highest BCUT2D eigenvalue weighted by molar-refractivity contribution is 5.82. The molecular formula is C26H46N6O+2. The van der Waals surface area contributed by atoms with Crippen molar-refractivity contribution in [1.82, 2.24) is 21.5 Å². The first-order chi connectivity index (χ1) is 15.8. The van der Waals surface area contributed by atoms with Gasteiger partial charge in [-0.25, -0.2) is 9.18 Å². The van der Waals surface area contributed by atoms with E-state index in [0.29, 0.717) is 22.2 Å². The third-order valence-electron chi connectivity index (χ3n) is 10.9. The van der Waals surface area contributed by atoms with Crippen LogP contribution in [0.2, 0.25) is 0 Å². The zero-order chi connectivity index (χ0) is 23.0. The van der Waals surface area contributed by atoms with Crippen LogP contribution in [0.1, 0.15) is 65.2 Å². The first kappa shape index (κ1) is 22.5. The lowest BCUT2D eigenvalue weighted by Crippen LogP contribution is -2.73. The van der Waals surface area contributed by atoms with Gasteiger partial charge in [0, 0.05) is 38.1 Å². The Bertz CT molecular complexity index is 781. The third kappa shape index (κ3) is 3.37. The molecule has 7 fully saturated rings. The number of carbonyl (C=O) groups excluding carboxylic acids is 1. The van der Waals surface area contributed by atoms with Crippen LogP contribution in [0.4, 0.5) is 0 Å². The van der Waals surface area contributed by atoms with E-state index in [4.69, 9.17) is 0 Å². The molecule has 0 aromatic carbocycles. The summed E-state index contributed by atoms with van der Waals surface area (Å²) in [7, 11) is 2.21. The molecule has 7 nitrogen and oxygen atoms in total. The number of nitrogens with one attached hydrogen (secondary N) is 4. The van der Waals surface area contributed by atoms with Gasteiger partial charge < -0.3 is 5.32 Å². The fraction of sp³-hybridized carbons (Fsp3) is 0.885. The molecule has 33 heavy (non-hydrogen) atoms. The summed E-state index contributed by atoms with van der Waals surface area (Å²) >= 11 is 0. The number of amides is 1. The van der Waals surface area contributed by atoms with Crippen molar-refractivity contribution in [3.05, 3.63) is 12.7 Å². The first-order valence-electron chi connectivity index (χ1n) is 13.7. The predicted molar refractivity (Wildman–Crippen MR) is 129 cm³/mol. The minimum Gasteiger partial charge on any atom is -0.345 e. The SMILES string of the molecule is C=CC1CC(C)NC2CC(C(=O)NC3CN[N+](CC)(C45CC6CC(CC(C6)C4)C5)C3)N[N+]12C. The molecule has 0 radical (unpaired) electrons. The number of hydrogen-bond donors (Lipinski definition) is 4. The maximum absolute atomic E-state index is 13.4. The largest absolute Gasteiger partial charge is 0.345 e. The molecule has 7 atom stereocenters. The monoisotopic (exact) mass is 458 g/mol. The van der Waals surface area contributed by atoms with E-state index in [1.54, 1.807) is 0 Å². The molecule has 7 aliphatic rings. The molecule has 184 valence electrons. The number of rotatable bonds is 5. The lowest BCUT2D eigenvalue weighted by Gasteiger charge is -2.62. The summed E-state index contributed by atoms with van der Waals surface area (Å²) in [6, 6.07) is 0.855. The molecule has 0 spiro atoms. The normalized spacial score (nSPS) is 54.9. The molecule has 0 aromatic heterocycles. The lowest BCUT2D eigenvalue weighted by atomic mass is 9.52. The van der Waals surface area contributed by atoms with Gasteiger partial charge in [0.05, 0.1) is 26.2 Å². The molecule has 4 bridgehead atoms. The second kappa shape index (κ2) is 7.76. The lowest BCUT2D eigenvalue weighted by molar-refractivity contribution is -1.01. The molecule has 4 aliphatic carbocycles. The predicted octanol–water partition coefficient (Wildman–Crippen LogP) is 1.78. The number of hydrogen-bond acceptors (Lipinski definition) is 4. The maximum Gasteiger partial charge on any atom is 0.243 e. The van der Waals surface area contributed by atoms with Crippen LogP contribution in [0, 0.1) is 17.8 Å². The Labute approximate surface area is 199 Å². The number of carbonyl (C=O) groups is 1. The van der Waals surface area contributed by atoms with Crippen LogP contribution < -0.4 is 21.5 Å². The summed E-state index contributed by atoms with van der Waals surface area (Å²) in [5.74, 6) is 3.02.